The second kappa shape index (κ2) is 7.59. The highest BCUT2D eigenvalue weighted by atomic mass is 16.6. The third-order valence-electron chi connectivity index (χ3n) is 3.85. The van der Waals surface area contributed by atoms with Crippen molar-refractivity contribution in [2.24, 2.45) is 5.73 Å². The number of nitrogens with two attached hydrogens (primary N) is 1. The molecule has 0 unspecified atom stereocenters. The van der Waals surface area contributed by atoms with Gasteiger partial charge in [0.05, 0.1) is 24.1 Å². The van der Waals surface area contributed by atoms with Crippen LogP contribution in [-0.4, -0.2) is 41.9 Å². The lowest BCUT2D eigenvalue weighted by atomic mass is 9.99. The predicted octanol–water partition coefficient (Wildman–Crippen LogP) is 3.04. The highest BCUT2D eigenvalue weighted by Gasteiger charge is 2.31. The summed E-state index contributed by atoms with van der Waals surface area (Å²) in [7, 11) is 1.31. The summed E-state index contributed by atoms with van der Waals surface area (Å²) in [5.74, 6) is -0.449. The molecule has 3 N–H and O–H groups in total. The van der Waals surface area contributed by atoms with E-state index in [1.807, 2.05) is 0 Å². The standard InChI is InChI=1S/C19H25N3O4/c1-19(2,3)26-18(24)22-11-5-6-14(20)16(22)15(21)12-7-9-13(10-8-12)17(23)25-4/h7-10,21H,5-6,11,20H2,1-4H3. The van der Waals surface area contributed by atoms with E-state index >= 15 is 0 Å². The van der Waals surface area contributed by atoms with Gasteiger partial charge in [-0.2, -0.15) is 0 Å². The molecule has 0 spiro atoms. The van der Waals surface area contributed by atoms with Crippen molar-refractivity contribution in [3.05, 3.63) is 46.8 Å². The van der Waals surface area contributed by atoms with Crippen molar-refractivity contribution >= 4 is 17.8 Å². The molecule has 1 heterocycles. The van der Waals surface area contributed by atoms with Crippen LogP contribution in [0.15, 0.2) is 35.7 Å². The number of carbonyl (C=O) groups is 2. The zero-order chi connectivity index (χ0) is 19.5. The van der Waals surface area contributed by atoms with Crippen molar-refractivity contribution < 1.29 is 19.1 Å². The van der Waals surface area contributed by atoms with Gasteiger partial charge in [0.15, 0.2) is 0 Å². The van der Waals surface area contributed by atoms with Crippen LogP contribution in [0.2, 0.25) is 0 Å². The summed E-state index contributed by atoms with van der Waals surface area (Å²) in [5, 5.41) is 8.53. The van der Waals surface area contributed by atoms with E-state index in [9.17, 15) is 9.59 Å². The van der Waals surface area contributed by atoms with E-state index in [-0.39, 0.29) is 5.71 Å². The Bertz CT molecular complexity index is 745. The number of nitrogens with one attached hydrogen (secondary N) is 1. The van der Waals surface area contributed by atoms with Crippen LogP contribution in [0.3, 0.4) is 0 Å². The van der Waals surface area contributed by atoms with Gasteiger partial charge in [-0.3, -0.25) is 10.3 Å². The van der Waals surface area contributed by atoms with Crippen LogP contribution in [0.25, 0.3) is 0 Å². The van der Waals surface area contributed by atoms with E-state index in [0.717, 1.165) is 0 Å². The first-order chi connectivity index (χ1) is 12.1. The van der Waals surface area contributed by atoms with Gasteiger partial charge in [0, 0.05) is 17.8 Å². The summed E-state index contributed by atoms with van der Waals surface area (Å²) >= 11 is 0. The number of methoxy groups -OCH3 is 1. The fourth-order valence-electron chi connectivity index (χ4n) is 2.65. The summed E-state index contributed by atoms with van der Waals surface area (Å²) in [5.41, 5.74) is 7.37. The van der Waals surface area contributed by atoms with Crippen molar-refractivity contribution in [2.75, 3.05) is 13.7 Å². The van der Waals surface area contributed by atoms with Gasteiger partial charge in [-0.15, -0.1) is 0 Å². The van der Waals surface area contributed by atoms with E-state index in [4.69, 9.17) is 15.9 Å². The number of hydrogen-bond donors (Lipinski definition) is 2. The smallest absolute Gasteiger partial charge is 0.414 e. The molecule has 0 aromatic heterocycles. The summed E-state index contributed by atoms with van der Waals surface area (Å²) in [4.78, 5) is 25.5. The quantitative estimate of drug-likeness (QED) is 0.637. The minimum atomic E-state index is -0.640. The number of hydrogen-bond acceptors (Lipinski definition) is 6. The Hall–Kier alpha value is -2.83. The lowest BCUT2D eigenvalue weighted by Crippen LogP contribution is -2.42. The lowest BCUT2D eigenvalue weighted by molar-refractivity contribution is 0.0311. The lowest BCUT2D eigenvalue weighted by Gasteiger charge is -2.33. The molecule has 7 heteroatoms. The van der Waals surface area contributed by atoms with Crippen LogP contribution in [0, 0.1) is 5.41 Å². The summed E-state index contributed by atoms with van der Waals surface area (Å²) in [6, 6.07) is 6.42. The van der Waals surface area contributed by atoms with E-state index in [2.05, 4.69) is 4.74 Å². The molecule has 0 saturated carbocycles. The number of carbonyl (C=O) groups excluding carboxylic acids is 2. The first kappa shape index (κ1) is 19.5. The third kappa shape index (κ3) is 4.41. The average molecular weight is 359 g/mol. The first-order valence-electron chi connectivity index (χ1n) is 8.41. The van der Waals surface area contributed by atoms with Crippen molar-refractivity contribution in [3.8, 4) is 0 Å². The summed E-state index contributed by atoms with van der Waals surface area (Å²) < 4.78 is 10.1. The van der Waals surface area contributed by atoms with Crippen molar-refractivity contribution in [1.29, 1.82) is 5.41 Å². The van der Waals surface area contributed by atoms with E-state index < -0.39 is 17.7 Å². The Morgan fingerprint density at radius 2 is 1.73 bits per heavy atom. The molecule has 26 heavy (non-hydrogen) atoms. The third-order valence-corrected chi connectivity index (χ3v) is 3.85. The van der Waals surface area contributed by atoms with Crippen LogP contribution in [0.5, 0.6) is 0 Å². The molecular formula is C19H25N3O4. The van der Waals surface area contributed by atoms with Crippen LogP contribution in [0.4, 0.5) is 4.79 Å². The normalized spacial score (nSPS) is 14.8. The Labute approximate surface area is 153 Å². The molecule has 0 saturated heterocycles. The Kier molecular flexibility index (Phi) is 5.69. The largest absolute Gasteiger partial charge is 0.465 e. The average Bonchev–Trinajstić information content (AvgIpc) is 2.59. The van der Waals surface area contributed by atoms with Gasteiger partial charge in [-0.25, -0.2) is 9.59 Å². The number of amides is 1. The van der Waals surface area contributed by atoms with Gasteiger partial charge >= 0.3 is 12.1 Å². The Morgan fingerprint density at radius 3 is 2.27 bits per heavy atom. The minimum Gasteiger partial charge on any atom is -0.465 e. The monoisotopic (exact) mass is 359 g/mol. The predicted molar refractivity (Wildman–Crippen MR) is 98.0 cm³/mol. The van der Waals surface area contributed by atoms with Gasteiger partial charge in [0.25, 0.3) is 0 Å². The van der Waals surface area contributed by atoms with Crippen molar-refractivity contribution in [2.45, 2.75) is 39.2 Å². The highest BCUT2D eigenvalue weighted by Crippen LogP contribution is 2.25. The molecular weight excluding hydrogens is 334 g/mol. The SMILES string of the molecule is COC(=O)c1ccc(C(=N)C2=C(N)CCCN2C(=O)OC(C)(C)C)cc1. The maximum absolute atomic E-state index is 12.5. The molecule has 0 bridgehead atoms. The molecule has 0 aliphatic carbocycles. The molecule has 1 aliphatic heterocycles. The molecule has 1 aliphatic rings. The van der Waals surface area contributed by atoms with Gasteiger partial charge in [0.1, 0.15) is 5.60 Å². The highest BCUT2D eigenvalue weighted by molar-refractivity contribution is 6.12. The van der Waals surface area contributed by atoms with Gasteiger partial charge < -0.3 is 15.2 Å². The maximum Gasteiger partial charge on any atom is 0.414 e. The second-order valence-corrected chi connectivity index (χ2v) is 7.05. The molecule has 2 rings (SSSR count). The molecule has 1 amide bonds. The summed E-state index contributed by atoms with van der Waals surface area (Å²) in [6.45, 7) is 5.81. The molecule has 1 aromatic carbocycles. The number of benzene rings is 1. The molecule has 1 aromatic rings. The zero-order valence-electron chi connectivity index (χ0n) is 15.6. The molecule has 140 valence electrons. The maximum atomic E-state index is 12.5. The zero-order valence-corrected chi connectivity index (χ0v) is 15.6. The molecule has 0 atom stereocenters. The van der Waals surface area contributed by atoms with Crippen molar-refractivity contribution in [1.82, 2.24) is 4.90 Å². The number of allylic oxidation sites excluding steroid dienone is 2. The van der Waals surface area contributed by atoms with Crippen LogP contribution in [0.1, 0.15) is 49.5 Å². The van der Waals surface area contributed by atoms with Crippen LogP contribution < -0.4 is 5.73 Å². The number of ether oxygens (including phenoxy) is 2. The summed E-state index contributed by atoms with van der Waals surface area (Å²) in [6.07, 6.45) is 0.798. The second-order valence-electron chi connectivity index (χ2n) is 7.05. The number of nitrogens with zero attached hydrogens (tertiary/aromatic N) is 1. The Morgan fingerprint density at radius 1 is 1.15 bits per heavy atom. The van der Waals surface area contributed by atoms with E-state index in [0.29, 0.717) is 41.9 Å². The van der Waals surface area contributed by atoms with Crippen LogP contribution in [-0.2, 0) is 9.47 Å². The minimum absolute atomic E-state index is 0.115. The number of esters is 1. The van der Waals surface area contributed by atoms with Gasteiger partial charge in [-0.1, -0.05) is 12.1 Å². The molecule has 0 fully saturated rings. The van der Waals surface area contributed by atoms with Crippen LogP contribution >= 0.6 is 0 Å². The fraction of sp³-hybridized carbons (Fsp3) is 0.421. The molecule has 7 nitrogen and oxygen atoms in total. The van der Waals surface area contributed by atoms with E-state index in [1.54, 1.807) is 45.0 Å². The first-order valence-corrected chi connectivity index (χ1v) is 8.41. The topological polar surface area (TPSA) is 106 Å². The van der Waals surface area contributed by atoms with E-state index in [1.165, 1.54) is 12.0 Å². The molecule has 0 radical (unpaired) electrons. The van der Waals surface area contributed by atoms with Gasteiger partial charge in [0.2, 0.25) is 0 Å². The Balaban J connectivity index is 2.31. The van der Waals surface area contributed by atoms with Crippen molar-refractivity contribution in [3.63, 3.8) is 0 Å². The van der Waals surface area contributed by atoms with Gasteiger partial charge in [-0.05, 0) is 45.7 Å². The fourth-order valence-corrected chi connectivity index (χ4v) is 2.65. The number of rotatable bonds is 3.